The highest BCUT2D eigenvalue weighted by molar-refractivity contribution is 6.40. The number of piperidine rings is 1. The summed E-state index contributed by atoms with van der Waals surface area (Å²) in [5, 5.41) is 0. The minimum absolute atomic E-state index is 0.143. The molecule has 4 nitrogen and oxygen atoms in total. The zero-order valence-corrected chi connectivity index (χ0v) is 14.5. The maximum absolute atomic E-state index is 13.3. The highest BCUT2D eigenvalue weighted by Crippen LogP contribution is 2.38. The molecule has 1 saturated heterocycles. The summed E-state index contributed by atoms with van der Waals surface area (Å²) in [6.45, 7) is 0.858. The summed E-state index contributed by atoms with van der Waals surface area (Å²) < 4.78 is 39.8. The molecule has 0 aliphatic carbocycles. The fourth-order valence-corrected chi connectivity index (χ4v) is 3.83. The summed E-state index contributed by atoms with van der Waals surface area (Å²) in [6.07, 6.45) is -1.24. The fraction of sp³-hybridized carbons (Fsp3) is 0.350. The third-order valence-electron chi connectivity index (χ3n) is 5.20. The molecule has 0 saturated carbocycles. The standard InChI is InChI=1S/C20H18F3N3O/c21-20(22,23)16-6-2-1-5-15(16)13-7-10-26(11-8-13)19(27)17-12-14-4-3-9-24-18(14)25-17/h1-6,9,13H,7-8,10-12H2. The van der Waals surface area contributed by atoms with Crippen LogP contribution in [0.15, 0.2) is 47.6 Å². The van der Waals surface area contributed by atoms with Gasteiger partial charge < -0.3 is 4.90 Å². The van der Waals surface area contributed by atoms with Gasteiger partial charge in [-0.15, -0.1) is 0 Å². The van der Waals surface area contributed by atoms with Crippen molar-refractivity contribution in [2.24, 2.45) is 4.99 Å². The van der Waals surface area contributed by atoms with Crippen molar-refractivity contribution in [2.75, 3.05) is 13.1 Å². The number of pyridine rings is 1. The number of fused-ring (bicyclic) bond motifs is 1. The number of aromatic nitrogens is 1. The normalized spacial score (nSPS) is 17.6. The van der Waals surface area contributed by atoms with Crippen molar-refractivity contribution in [3.05, 3.63) is 59.3 Å². The zero-order valence-electron chi connectivity index (χ0n) is 14.5. The van der Waals surface area contributed by atoms with Crippen molar-refractivity contribution in [1.82, 2.24) is 9.88 Å². The van der Waals surface area contributed by atoms with Crippen molar-refractivity contribution >= 4 is 17.4 Å². The van der Waals surface area contributed by atoms with Crippen LogP contribution in [0.5, 0.6) is 0 Å². The van der Waals surface area contributed by atoms with E-state index >= 15 is 0 Å². The quantitative estimate of drug-likeness (QED) is 0.794. The molecule has 3 heterocycles. The molecule has 0 spiro atoms. The largest absolute Gasteiger partial charge is 0.416 e. The molecule has 1 fully saturated rings. The van der Waals surface area contributed by atoms with E-state index in [9.17, 15) is 18.0 Å². The third-order valence-corrected chi connectivity index (χ3v) is 5.20. The van der Waals surface area contributed by atoms with Crippen molar-refractivity contribution in [3.63, 3.8) is 0 Å². The van der Waals surface area contributed by atoms with E-state index in [-0.39, 0.29) is 11.8 Å². The molecular weight excluding hydrogens is 355 g/mol. The summed E-state index contributed by atoms with van der Waals surface area (Å²) in [5.74, 6) is 0.238. The number of hydrogen-bond donors (Lipinski definition) is 0. The Kier molecular flexibility index (Phi) is 4.45. The number of alkyl halides is 3. The lowest BCUT2D eigenvalue weighted by Crippen LogP contribution is -2.42. The van der Waals surface area contributed by atoms with Crippen LogP contribution in [0, 0.1) is 0 Å². The third kappa shape index (κ3) is 3.46. The fourth-order valence-electron chi connectivity index (χ4n) is 3.83. The van der Waals surface area contributed by atoms with Crippen LogP contribution in [-0.2, 0) is 17.4 Å². The molecule has 0 unspecified atom stereocenters. The van der Waals surface area contributed by atoms with Gasteiger partial charge in [0, 0.05) is 31.3 Å². The molecule has 0 N–H and O–H groups in total. The van der Waals surface area contributed by atoms with Crippen LogP contribution in [0.3, 0.4) is 0 Å². The Morgan fingerprint density at radius 2 is 1.81 bits per heavy atom. The molecule has 2 aliphatic rings. The molecule has 0 bridgehead atoms. The SMILES string of the molecule is O=C(C1=Nc2ncccc2C1)N1CCC(c2ccccc2C(F)(F)F)CC1. The summed E-state index contributed by atoms with van der Waals surface area (Å²) >= 11 is 0. The summed E-state index contributed by atoms with van der Waals surface area (Å²) in [4.78, 5) is 22.9. The highest BCUT2D eigenvalue weighted by atomic mass is 19.4. The minimum atomic E-state index is -4.36. The van der Waals surface area contributed by atoms with Gasteiger partial charge >= 0.3 is 6.18 Å². The molecule has 4 rings (SSSR count). The van der Waals surface area contributed by atoms with Crippen LogP contribution < -0.4 is 0 Å². The Bertz CT molecular complexity index is 899. The Balaban J connectivity index is 1.44. The lowest BCUT2D eigenvalue weighted by molar-refractivity contribution is -0.138. The number of carbonyl (C=O) groups excluding carboxylic acids is 1. The molecule has 1 aromatic heterocycles. The molecule has 7 heteroatoms. The average Bonchev–Trinajstić information content (AvgIpc) is 3.11. The van der Waals surface area contributed by atoms with Gasteiger partial charge in [-0.3, -0.25) is 4.79 Å². The van der Waals surface area contributed by atoms with Crippen LogP contribution in [0.25, 0.3) is 0 Å². The number of likely N-dealkylation sites (tertiary alicyclic amines) is 1. The number of benzene rings is 1. The Morgan fingerprint density at radius 3 is 2.52 bits per heavy atom. The van der Waals surface area contributed by atoms with E-state index in [0.29, 0.717) is 49.4 Å². The zero-order chi connectivity index (χ0) is 19.0. The first-order valence-electron chi connectivity index (χ1n) is 8.90. The van der Waals surface area contributed by atoms with Crippen LogP contribution >= 0.6 is 0 Å². The second-order valence-corrected chi connectivity index (χ2v) is 6.87. The molecule has 27 heavy (non-hydrogen) atoms. The smallest absolute Gasteiger partial charge is 0.338 e. The van der Waals surface area contributed by atoms with Crippen molar-refractivity contribution in [2.45, 2.75) is 31.4 Å². The van der Waals surface area contributed by atoms with Gasteiger partial charge in [0.1, 0.15) is 5.71 Å². The average molecular weight is 373 g/mol. The number of nitrogens with zero attached hydrogens (tertiary/aromatic N) is 3. The number of aliphatic imine (C=N–C) groups is 1. The van der Waals surface area contributed by atoms with Crippen LogP contribution in [0.1, 0.15) is 35.4 Å². The molecule has 1 amide bonds. The first kappa shape index (κ1) is 17.7. The number of halogens is 3. The lowest BCUT2D eigenvalue weighted by Gasteiger charge is -2.33. The van der Waals surface area contributed by atoms with Gasteiger partial charge in [0.15, 0.2) is 5.82 Å². The van der Waals surface area contributed by atoms with E-state index in [1.165, 1.54) is 6.07 Å². The van der Waals surface area contributed by atoms with E-state index in [1.54, 1.807) is 23.2 Å². The van der Waals surface area contributed by atoms with E-state index in [0.717, 1.165) is 11.6 Å². The Labute approximate surface area is 154 Å². The first-order valence-corrected chi connectivity index (χ1v) is 8.90. The maximum Gasteiger partial charge on any atom is 0.416 e. The molecular formula is C20H18F3N3O. The molecule has 140 valence electrons. The maximum atomic E-state index is 13.3. The second-order valence-electron chi connectivity index (χ2n) is 6.87. The van der Waals surface area contributed by atoms with Crippen molar-refractivity contribution in [3.8, 4) is 0 Å². The van der Waals surface area contributed by atoms with Crippen LogP contribution in [0.2, 0.25) is 0 Å². The van der Waals surface area contributed by atoms with Gasteiger partial charge in [0.2, 0.25) is 0 Å². The van der Waals surface area contributed by atoms with Gasteiger partial charge in [-0.05, 0) is 36.5 Å². The molecule has 0 radical (unpaired) electrons. The Morgan fingerprint density at radius 1 is 1.07 bits per heavy atom. The van der Waals surface area contributed by atoms with E-state index in [1.807, 2.05) is 12.1 Å². The molecule has 0 atom stereocenters. The van der Waals surface area contributed by atoms with E-state index in [2.05, 4.69) is 9.98 Å². The number of amides is 1. The highest BCUT2D eigenvalue weighted by Gasteiger charge is 2.36. The first-order chi connectivity index (χ1) is 12.9. The minimum Gasteiger partial charge on any atom is -0.338 e. The molecule has 2 aromatic rings. The second kappa shape index (κ2) is 6.79. The monoisotopic (exact) mass is 373 g/mol. The van der Waals surface area contributed by atoms with Gasteiger partial charge in [0.05, 0.1) is 5.56 Å². The van der Waals surface area contributed by atoms with Crippen LogP contribution in [-0.4, -0.2) is 34.6 Å². The summed E-state index contributed by atoms with van der Waals surface area (Å²) in [5.41, 5.74) is 1.14. The van der Waals surface area contributed by atoms with E-state index < -0.39 is 11.7 Å². The predicted octanol–water partition coefficient (Wildman–Crippen LogP) is 4.14. The van der Waals surface area contributed by atoms with Gasteiger partial charge in [-0.25, -0.2) is 9.98 Å². The Hall–Kier alpha value is -2.70. The van der Waals surface area contributed by atoms with Gasteiger partial charge in [-0.1, -0.05) is 24.3 Å². The molecule has 2 aliphatic heterocycles. The topological polar surface area (TPSA) is 45.6 Å². The molecule has 1 aromatic carbocycles. The van der Waals surface area contributed by atoms with Gasteiger partial charge in [-0.2, -0.15) is 13.2 Å². The van der Waals surface area contributed by atoms with Crippen molar-refractivity contribution in [1.29, 1.82) is 0 Å². The van der Waals surface area contributed by atoms with Crippen molar-refractivity contribution < 1.29 is 18.0 Å². The summed E-state index contributed by atoms with van der Waals surface area (Å²) in [6, 6.07) is 9.44. The number of rotatable bonds is 2. The number of hydrogen-bond acceptors (Lipinski definition) is 3. The number of carbonyl (C=O) groups is 1. The summed E-state index contributed by atoms with van der Waals surface area (Å²) in [7, 11) is 0. The lowest BCUT2D eigenvalue weighted by atomic mass is 9.86. The van der Waals surface area contributed by atoms with Crippen LogP contribution in [0.4, 0.5) is 19.0 Å². The van der Waals surface area contributed by atoms with Gasteiger partial charge in [0.25, 0.3) is 5.91 Å². The predicted molar refractivity (Wildman–Crippen MR) is 95.0 cm³/mol. The van der Waals surface area contributed by atoms with E-state index in [4.69, 9.17) is 0 Å².